The Labute approximate surface area is 203 Å². The normalized spacial score (nSPS) is 21.4. The van der Waals surface area contributed by atoms with Crippen LogP contribution in [0.5, 0.6) is 0 Å². The van der Waals surface area contributed by atoms with Gasteiger partial charge in [0.25, 0.3) is 5.56 Å². The molecule has 2 fully saturated rings. The number of nitrogens with zero attached hydrogens (tertiary/aromatic N) is 3. The fourth-order valence-electron chi connectivity index (χ4n) is 5.26. The Balaban J connectivity index is 1.51. The third-order valence-electron chi connectivity index (χ3n) is 7.30. The molecule has 186 valence electrons. The highest BCUT2D eigenvalue weighted by atomic mass is 32.1. The standard InChI is InChI=1S/C25H36N4O4S/c1-2-12-26-23(31)19-9-7-18(8-10-19)16-29-24(32)22-20(11-15-34-22)28(25(29)33)17-21(30)27-13-5-3-4-6-14-27/h11,15,18-19H,2-10,12-14,16-17H2,1H3,(H,26,31). The molecule has 2 aromatic heterocycles. The van der Waals surface area contributed by atoms with E-state index >= 15 is 0 Å². The van der Waals surface area contributed by atoms with Crippen molar-refractivity contribution >= 4 is 33.4 Å². The maximum Gasteiger partial charge on any atom is 0.332 e. The lowest BCUT2D eigenvalue weighted by atomic mass is 9.81. The van der Waals surface area contributed by atoms with Gasteiger partial charge in [-0.2, -0.15) is 0 Å². The molecule has 1 saturated carbocycles. The van der Waals surface area contributed by atoms with Crippen LogP contribution < -0.4 is 16.6 Å². The quantitative estimate of drug-likeness (QED) is 0.648. The van der Waals surface area contributed by atoms with Gasteiger partial charge in [0, 0.05) is 32.1 Å². The van der Waals surface area contributed by atoms with Crippen molar-refractivity contribution in [2.75, 3.05) is 19.6 Å². The highest BCUT2D eigenvalue weighted by molar-refractivity contribution is 7.17. The molecule has 1 aliphatic heterocycles. The zero-order chi connectivity index (χ0) is 24.1. The maximum atomic E-state index is 13.4. The van der Waals surface area contributed by atoms with Crippen LogP contribution in [-0.4, -0.2) is 45.5 Å². The molecule has 0 atom stereocenters. The van der Waals surface area contributed by atoms with Crippen LogP contribution in [0.25, 0.3) is 10.2 Å². The van der Waals surface area contributed by atoms with Crippen molar-refractivity contribution in [3.05, 3.63) is 32.3 Å². The van der Waals surface area contributed by atoms with Crippen LogP contribution in [0.2, 0.25) is 0 Å². The van der Waals surface area contributed by atoms with E-state index in [9.17, 15) is 19.2 Å². The first-order chi connectivity index (χ1) is 16.5. The minimum absolute atomic E-state index is 0.0159. The van der Waals surface area contributed by atoms with Crippen molar-refractivity contribution in [2.24, 2.45) is 11.8 Å². The summed E-state index contributed by atoms with van der Waals surface area (Å²) in [4.78, 5) is 53.8. The lowest BCUT2D eigenvalue weighted by molar-refractivity contribution is -0.131. The van der Waals surface area contributed by atoms with Crippen molar-refractivity contribution in [1.29, 1.82) is 0 Å². The summed E-state index contributed by atoms with van der Waals surface area (Å²) in [6.45, 7) is 4.51. The first-order valence-electron chi connectivity index (χ1n) is 12.8. The highest BCUT2D eigenvalue weighted by Gasteiger charge is 2.28. The van der Waals surface area contributed by atoms with Gasteiger partial charge in [0.1, 0.15) is 11.2 Å². The van der Waals surface area contributed by atoms with Crippen molar-refractivity contribution in [1.82, 2.24) is 19.4 Å². The summed E-state index contributed by atoms with van der Waals surface area (Å²) >= 11 is 1.32. The van der Waals surface area contributed by atoms with E-state index in [1.807, 2.05) is 17.2 Å². The average molecular weight is 489 g/mol. The number of aromatic nitrogens is 2. The predicted octanol–water partition coefficient (Wildman–Crippen LogP) is 2.96. The first-order valence-corrected chi connectivity index (χ1v) is 13.6. The number of amides is 2. The number of hydrogen-bond acceptors (Lipinski definition) is 5. The molecule has 3 heterocycles. The van der Waals surface area contributed by atoms with E-state index in [2.05, 4.69) is 5.32 Å². The number of likely N-dealkylation sites (tertiary alicyclic amines) is 1. The SMILES string of the molecule is CCCNC(=O)C1CCC(Cn2c(=O)c3sccc3n(CC(=O)N3CCCCCC3)c2=O)CC1. The van der Waals surface area contributed by atoms with Gasteiger partial charge in [-0.1, -0.05) is 19.8 Å². The van der Waals surface area contributed by atoms with Crippen molar-refractivity contribution in [2.45, 2.75) is 77.8 Å². The molecule has 34 heavy (non-hydrogen) atoms. The zero-order valence-electron chi connectivity index (χ0n) is 20.1. The number of fused-ring (bicyclic) bond motifs is 1. The minimum Gasteiger partial charge on any atom is -0.356 e. The van der Waals surface area contributed by atoms with Crippen LogP contribution in [0.15, 0.2) is 21.0 Å². The molecule has 4 rings (SSSR count). The molecule has 0 unspecified atom stereocenters. The smallest absolute Gasteiger partial charge is 0.332 e. The maximum absolute atomic E-state index is 13.4. The van der Waals surface area contributed by atoms with Gasteiger partial charge in [-0.15, -0.1) is 11.3 Å². The number of thiophene rings is 1. The second kappa shape index (κ2) is 11.3. The van der Waals surface area contributed by atoms with Gasteiger partial charge >= 0.3 is 5.69 Å². The number of hydrogen-bond donors (Lipinski definition) is 1. The van der Waals surface area contributed by atoms with Gasteiger partial charge < -0.3 is 10.2 Å². The van der Waals surface area contributed by atoms with Crippen LogP contribution in [0.1, 0.15) is 64.7 Å². The van der Waals surface area contributed by atoms with Gasteiger partial charge in [0.15, 0.2) is 0 Å². The average Bonchev–Trinajstić information content (AvgIpc) is 3.17. The van der Waals surface area contributed by atoms with E-state index in [1.165, 1.54) is 20.5 Å². The summed E-state index contributed by atoms with van der Waals surface area (Å²) in [5.41, 5.74) is -0.117. The lowest BCUT2D eigenvalue weighted by Crippen LogP contribution is -2.44. The fraction of sp³-hybridized carbons (Fsp3) is 0.680. The molecule has 0 aromatic carbocycles. The molecule has 2 amide bonds. The molecular formula is C25H36N4O4S. The summed E-state index contributed by atoms with van der Waals surface area (Å²) < 4.78 is 3.34. The van der Waals surface area contributed by atoms with E-state index in [-0.39, 0.29) is 35.8 Å². The van der Waals surface area contributed by atoms with E-state index in [1.54, 1.807) is 6.07 Å². The second-order valence-electron chi connectivity index (χ2n) is 9.72. The molecule has 8 nitrogen and oxygen atoms in total. The van der Waals surface area contributed by atoms with Crippen LogP contribution in [0.4, 0.5) is 0 Å². The molecule has 2 aliphatic rings. The highest BCUT2D eigenvalue weighted by Crippen LogP contribution is 2.30. The van der Waals surface area contributed by atoms with Gasteiger partial charge in [0.05, 0.1) is 5.52 Å². The summed E-state index contributed by atoms with van der Waals surface area (Å²) in [7, 11) is 0. The van der Waals surface area contributed by atoms with Gasteiger partial charge in [-0.3, -0.25) is 23.5 Å². The van der Waals surface area contributed by atoms with Gasteiger partial charge in [0.2, 0.25) is 11.8 Å². The molecule has 0 bridgehead atoms. The van der Waals surface area contributed by atoms with E-state index < -0.39 is 5.69 Å². The Kier molecular flexibility index (Phi) is 8.24. The minimum atomic E-state index is -0.401. The Hall–Kier alpha value is -2.42. The number of nitrogens with one attached hydrogen (secondary N) is 1. The Morgan fingerprint density at radius 1 is 1.03 bits per heavy atom. The summed E-state index contributed by atoms with van der Waals surface area (Å²) in [6, 6.07) is 1.77. The fourth-order valence-corrected chi connectivity index (χ4v) is 6.10. The van der Waals surface area contributed by atoms with E-state index in [4.69, 9.17) is 0 Å². The number of carbonyl (C=O) groups is 2. The van der Waals surface area contributed by atoms with Crippen molar-refractivity contribution in [3.8, 4) is 0 Å². The van der Waals surface area contributed by atoms with Crippen LogP contribution in [-0.2, 0) is 22.7 Å². The lowest BCUT2D eigenvalue weighted by Gasteiger charge is -2.28. The van der Waals surface area contributed by atoms with Gasteiger partial charge in [-0.25, -0.2) is 4.79 Å². The van der Waals surface area contributed by atoms with Crippen LogP contribution in [0, 0.1) is 11.8 Å². The molecular weight excluding hydrogens is 452 g/mol. The largest absolute Gasteiger partial charge is 0.356 e. The third kappa shape index (κ3) is 5.45. The summed E-state index contributed by atoms with van der Waals surface area (Å²) in [5.74, 6) is 0.252. The molecule has 1 N–H and O–H groups in total. The van der Waals surface area contributed by atoms with Crippen LogP contribution in [0.3, 0.4) is 0 Å². The van der Waals surface area contributed by atoms with Crippen molar-refractivity contribution < 1.29 is 9.59 Å². The monoisotopic (exact) mass is 488 g/mol. The van der Waals surface area contributed by atoms with Crippen LogP contribution >= 0.6 is 11.3 Å². The second-order valence-corrected chi connectivity index (χ2v) is 10.6. The molecule has 0 spiro atoms. The Bertz CT molecular complexity index is 1120. The topological polar surface area (TPSA) is 93.4 Å². The predicted molar refractivity (Wildman–Crippen MR) is 134 cm³/mol. The number of rotatable bonds is 7. The Morgan fingerprint density at radius 3 is 2.41 bits per heavy atom. The zero-order valence-corrected chi connectivity index (χ0v) is 20.9. The molecule has 1 aliphatic carbocycles. The summed E-state index contributed by atoms with van der Waals surface area (Å²) in [5, 5.41) is 4.78. The molecule has 9 heteroatoms. The summed E-state index contributed by atoms with van der Waals surface area (Å²) in [6.07, 6.45) is 8.34. The molecule has 0 radical (unpaired) electrons. The Morgan fingerprint density at radius 2 is 1.74 bits per heavy atom. The third-order valence-corrected chi connectivity index (χ3v) is 8.19. The van der Waals surface area contributed by atoms with E-state index in [0.29, 0.717) is 23.3 Å². The van der Waals surface area contributed by atoms with Crippen molar-refractivity contribution in [3.63, 3.8) is 0 Å². The van der Waals surface area contributed by atoms with E-state index in [0.717, 1.165) is 70.9 Å². The first kappa shape index (κ1) is 24.7. The molecule has 2 aromatic rings. The molecule has 1 saturated heterocycles. The van der Waals surface area contributed by atoms with Gasteiger partial charge in [-0.05, 0) is 62.3 Å². The number of carbonyl (C=O) groups excluding carboxylic acids is 2.